The SMILES string of the molecule is COc1ccc(Cl)c(Nc2nc(N)ncc2[N+](=O)[O-])c1. The van der Waals surface area contributed by atoms with Gasteiger partial charge in [0.25, 0.3) is 0 Å². The van der Waals surface area contributed by atoms with Gasteiger partial charge in [-0.15, -0.1) is 0 Å². The molecule has 0 saturated heterocycles. The molecule has 0 amide bonds. The molecule has 0 aliphatic heterocycles. The van der Waals surface area contributed by atoms with Crippen LogP contribution in [0.4, 0.5) is 23.1 Å². The Hall–Kier alpha value is -2.61. The Bertz CT molecular complexity index is 665. The number of halogens is 1. The molecule has 0 radical (unpaired) electrons. The van der Waals surface area contributed by atoms with Crippen LogP contribution in [0.1, 0.15) is 0 Å². The second kappa shape index (κ2) is 5.57. The maximum absolute atomic E-state index is 10.9. The largest absolute Gasteiger partial charge is 0.497 e. The Morgan fingerprint density at radius 2 is 2.25 bits per heavy atom. The highest BCUT2D eigenvalue weighted by atomic mass is 35.5. The van der Waals surface area contributed by atoms with Crippen LogP contribution in [0.5, 0.6) is 5.75 Å². The number of aromatic nitrogens is 2. The van der Waals surface area contributed by atoms with Crippen LogP contribution in [-0.2, 0) is 0 Å². The van der Waals surface area contributed by atoms with Crippen LogP contribution in [-0.4, -0.2) is 22.0 Å². The minimum Gasteiger partial charge on any atom is -0.497 e. The molecule has 0 saturated carbocycles. The predicted molar refractivity (Wildman–Crippen MR) is 74.4 cm³/mol. The highest BCUT2D eigenvalue weighted by Crippen LogP contribution is 2.32. The summed E-state index contributed by atoms with van der Waals surface area (Å²) in [4.78, 5) is 17.7. The van der Waals surface area contributed by atoms with Crippen LogP contribution in [0.3, 0.4) is 0 Å². The van der Waals surface area contributed by atoms with Crippen molar-refractivity contribution in [2.75, 3.05) is 18.2 Å². The Kier molecular flexibility index (Phi) is 3.85. The van der Waals surface area contributed by atoms with E-state index in [1.807, 2.05) is 0 Å². The fourth-order valence-electron chi connectivity index (χ4n) is 1.47. The number of anilines is 3. The molecule has 1 aromatic carbocycles. The first-order chi connectivity index (χ1) is 9.51. The summed E-state index contributed by atoms with van der Waals surface area (Å²) >= 11 is 6.01. The average molecular weight is 296 g/mol. The minimum atomic E-state index is -0.615. The maximum Gasteiger partial charge on any atom is 0.329 e. The average Bonchev–Trinajstić information content (AvgIpc) is 2.41. The monoisotopic (exact) mass is 295 g/mol. The van der Waals surface area contributed by atoms with Gasteiger partial charge in [-0.3, -0.25) is 10.1 Å². The number of hydrogen-bond donors (Lipinski definition) is 2. The van der Waals surface area contributed by atoms with E-state index in [4.69, 9.17) is 22.1 Å². The first-order valence-electron chi connectivity index (χ1n) is 5.38. The Labute approximate surface area is 118 Å². The minimum absolute atomic E-state index is 0.0438. The molecule has 104 valence electrons. The summed E-state index contributed by atoms with van der Waals surface area (Å²) < 4.78 is 5.06. The summed E-state index contributed by atoms with van der Waals surface area (Å²) in [5.41, 5.74) is 5.54. The number of ether oxygens (including phenoxy) is 1. The Balaban J connectivity index is 2.43. The molecule has 8 nitrogen and oxygen atoms in total. The number of nitrogen functional groups attached to an aromatic ring is 1. The quantitative estimate of drug-likeness (QED) is 0.657. The van der Waals surface area contributed by atoms with Crippen LogP contribution in [0.25, 0.3) is 0 Å². The number of methoxy groups -OCH3 is 1. The molecule has 9 heteroatoms. The smallest absolute Gasteiger partial charge is 0.329 e. The lowest BCUT2D eigenvalue weighted by atomic mass is 10.3. The predicted octanol–water partition coefficient (Wildman–Crippen LogP) is 2.37. The molecule has 0 fully saturated rings. The molecule has 0 atom stereocenters. The van der Waals surface area contributed by atoms with Crippen molar-refractivity contribution in [1.82, 2.24) is 9.97 Å². The van der Waals surface area contributed by atoms with Crippen molar-refractivity contribution < 1.29 is 9.66 Å². The van der Waals surface area contributed by atoms with Crippen molar-refractivity contribution in [3.8, 4) is 5.75 Å². The Morgan fingerprint density at radius 3 is 2.90 bits per heavy atom. The molecule has 1 aromatic heterocycles. The third kappa shape index (κ3) is 2.86. The number of nitrogens with one attached hydrogen (secondary N) is 1. The van der Waals surface area contributed by atoms with E-state index in [0.717, 1.165) is 6.20 Å². The molecule has 20 heavy (non-hydrogen) atoms. The van der Waals surface area contributed by atoms with Gasteiger partial charge in [0.15, 0.2) is 0 Å². The van der Waals surface area contributed by atoms with Crippen LogP contribution in [0.2, 0.25) is 5.02 Å². The molecule has 0 aliphatic rings. The van der Waals surface area contributed by atoms with Crippen molar-refractivity contribution in [3.63, 3.8) is 0 Å². The van der Waals surface area contributed by atoms with E-state index in [1.54, 1.807) is 18.2 Å². The first-order valence-corrected chi connectivity index (χ1v) is 5.76. The summed E-state index contributed by atoms with van der Waals surface area (Å²) in [6, 6.07) is 4.85. The number of hydrogen-bond acceptors (Lipinski definition) is 7. The fraction of sp³-hybridized carbons (Fsp3) is 0.0909. The van der Waals surface area contributed by atoms with Gasteiger partial charge in [-0.2, -0.15) is 4.98 Å². The van der Waals surface area contributed by atoms with Gasteiger partial charge in [-0.1, -0.05) is 11.6 Å². The molecule has 0 unspecified atom stereocenters. The van der Waals surface area contributed by atoms with Gasteiger partial charge in [0.2, 0.25) is 11.8 Å². The van der Waals surface area contributed by atoms with E-state index in [-0.39, 0.29) is 17.5 Å². The van der Waals surface area contributed by atoms with E-state index in [0.29, 0.717) is 16.5 Å². The van der Waals surface area contributed by atoms with Gasteiger partial charge >= 0.3 is 5.69 Å². The number of nitro groups is 1. The second-order valence-electron chi connectivity index (χ2n) is 3.69. The van der Waals surface area contributed by atoms with Crippen LogP contribution in [0, 0.1) is 10.1 Å². The third-order valence-electron chi connectivity index (χ3n) is 2.41. The summed E-state index contributed by atoms with van der Waals surface area (Å²) in [5, 5.41) is 14.0. The number of benzene rings is 1. The molecule has 0 aliphatic carbocycles. The molecule has 2 rings (SSSR count). The van der Waals surface area contributed by atoms with Gasteiger partial charge in [-0.05, 0) is 12.1 Å². The molecular weight excluding hydrogens is 286 g/mol. The molecule has 0 spiro atoms. The maximum atomic E-state index is 10.9. The van der Waals surface area contributed by atoms with Gasteiger partial charge < -0.3 is 15.8 Å². The standard InChI is InChI=1S/C11H10ClN5O3/c1-20-6-2-3-7(12)8(4-6)15-10-9(17(18)19)5-14-11(13)16-10/h2-5H,1H3,(H3,13,14,15,16). The zero-order valence-corrected chi connectivity index (χ0v) is 11.1. The first kappa shape index (κ1) is 13.8. The molecule has 3 N–H and O–H groups in total. The lowest BCUT2D eigenvalue weighted by molar-refractivity contribution is -0.384. The van der Waals surface area contributed by atoms with Gasteiger partial charge in [0, 0.05) is 6.07 Å². The second-order valence-corrected chi connectivity index (χ2v) is 4.10. The zero-order chi connectivity index (χ0) is 14.7. The number of nitrogens with two attached hydrogens (primary N) is 1. The lowest BCUT2D eigenvalue weighted by Crippen LogP contribution is -2.04. The summed E-state index contributed by atoms with van der Waals surface area (Å²) in [5.74, 6) is 0.413. The lowest BCUT2D eigenvalue weighted by Gasteiger charge is -2.09. The molecule has 1 heterocycles. The zero-order valence-electron chi connectivity index (χ0n) is 10.3. The third-order valence-corrected chi connectivity index (χ3v) is 2.74. The van der Waals surface area contributed by atoms with Crippen molar-refractivity contribution in [2.24, 2.45) is 0 Å². The van der Waals surface area contributed by atoms with Gasteiger partial charge in [-0.25, -0.2) is 4.98 Å². The summed E-state index contributed by atoms with van der Waals surface area (Å²) in [7, 11) is 1.50. The van der Waals surface area contributed by atoms with Crippen LogP contribution in [0.15, 0.2) is 24.4 Å². The van der Waals surface area contributed by atoms with Gasteiger partial charge in [0.05, 0.1) is 22.7 Å². The number of nitrogens with zero attached hydrogens (tertiary/aromatic N) is 3. The van der Waals surface area contributed by atoms with Crippen molar-refractivity contribution in [2.45, 2.75) is 0 Å². The van der Waals surface area contributed by atoms with E-state index in [1.165, 1.54) is 7.11 Å². The van der Waals surface area contributed by atoms with E-state index in [9.17, 15) is 10.1 Å². The van der Waals surface area contributed by atoms with Crippen molar-refractivity contribution in [3.05, 3.63) is 39.5 Å². The molecule has 2 aromatic rings. The van der Waals surface area contributed by atoms with Crippen LogP contribution < -0.4 is 15.8 Å². The Morgan fingerprint density at radius 1 is 1.50 bits per heavy atom. The highest BCUT2D eigenvalue weighted by Gasteiger charge is 2.18. The highest BCUT2D eigenvalue weighted by molar-refractivity contribution is 6.33. The van der Waals surface area contributed by atoms with E-state index >= 15 is 0 Å². The molecular formula is C11H10ClN5O3. The fourth-order valence-corrected chi connectivity index (χ4v) is 1.63. The van der Waals surface area contributed by atoms with E-state index in [2.05, 4.69) is 15.3 Å². The van der Waals surface area contributed by atoms with Crippen molar-refractivity contribution in [1.29, 1.82) is 0 Å². The summed E-state index contributed by atoms with van der Waals surface area (Å²) in [6.07, 6.45) is 1.03. The number of rotatable bonds is 4. The molecule has 0 bridgehead atoms. The normalized spacial score (nSPS) is 10.1. The van der Waals surface area contributed by atoms with Crippen molar-refractivity contribution >= 4 is 34.7 Å². The summed E-state index contributed by atoms with van der Waals surface area (Å²) in [6.45, 7) is 0. The topological polar surface area (TPSA) is 116 Å². The van der Waals surface area contributed by atoms with E-state index < -0.39 is 4.92 Å². The van der Waals surface area contributed by atoms with Gasteiger partial charge in [0.1, 0.15) is 11.9 Å². The van der Waals surface area contributed by atoms with Crippen LogP contribution >= 0.6 is 11.6 Å².